The van der Waals surface area contributed by atoms with Gasteiger partial charge in [-0.05, 0) is 37.6 Å². The van der Waals surface area contributed by atoms with E-state index in [0.717, 1.165) is 0 Å². The van der Waals surface area contributed by atoms with E-state index >= 15 is 0 Å². The Morgan fingerprint density at radius 3 is 2.38 bits per heavy atom. The van der Waals surface area contributed by atoms with E-state index in [9.17, 15) is 10.1 Å². The number of methoxy groups -OCH3 is 2. The van der Waals surface area contributed by atoms with Crippen LogP contribution >= 0.6 is 11.6 Å². The predicted molar refractivity (Wildman–Crippen MR) is 90.5 cm³/mol. The fraction of sp³-hybridized carbons (Fsp3) is 0.235. The number of carbonyl (C=O) groups excluding carboxylic acids is 1. The Morgan fingerprint density at radius 1 is 1.25 bits per heavy atom. The topological polar surface area (TPSA) is 77.1 Å². The summed E-state index contributed by atoms with van der Waals surface area (Å²) >= 11 is 6.20. The number of hydrogen-bond acceptors (Lipinski definition) is 5. The van der Waals surface area contributed by atoms with Crippen LogP contribution in [0.25, 0.3) is 6.08 Å². The Morgan fingerprint density at radius 2 is 1.88 bits per heavy atom. The van der Waals surface area contributed by atoms with Gasteiger partial charge in [0.15, 0.2) is 11.5 Å². The molecule has 2 aromatic rings. The zero-order valence-corrected chi connectivity index (χ0v) is 14.5. The number of hydrogen-bond donors (Lipinski definition) is 0. The lowest BCUT2D eigenvalue weighted by atomic mass is 10.1. The normalized spacial score (nSPS) is 11.1. The Balaban J connectivity index is 2.50. The first-order valence-corrected chi connectivity index (χ1v) is 7.40. The van der Waals surface area contributed by atoms with Crippen LogP contribution in [0.4, 0.5) is 0 Å². The van der Waals surface area contributed by atoms with Gasteiger partial charge in [0.25, 0.3) is 5.91 Å². The van der Waals surface area contributed by atoms with Gasteiger partial charge in [-0.2, -0.15) is 10.4 Å². The maximum Gasteiger partial charge on any atom is 0.289 e. The second kappa shape index (κ2) is 7.20. The van der Waals surface area contributed by atoms with E-state index < -0.39 is 5.91 Å². The molecule has 0 aliphatic heterocycles. The molecule has 124 valence electrons. The molecule has 0 N–H and O–H groups in total. The molecule has 2 rings (SSSR count). The standard InChI is InChI=1S/C17H16ClN3O3/c1-10-5-11(2)21(20-10)17(22)13(9-19)6-12-7-15(23-3)16(24-4)8-14(12)18/h5-8H,1-4H3/b13-6+. The number of nitrogens with zero attached hydrogens (tertiary/aromatic N) is 3. The molecule has 0 saturated carbocycles. The van der Waals surface area contributed by atoms with Crippen molar-refractivity contribution in [2.24, 2.45) is 0 Å². The van der Waals surface area contributed by atoms with Crippen LogP contribution in [-0.4, -0.2) is 29.9 Å². The number of carbonyl (C=O) groups is 1. The van der Waals surface area contributed by atoms with Gasteiger partial charge in [-0.3, -0.25) is 4.79 Å². The number of ether oxygens (including phenoxy) is 2. The van der Waals surface area contributed by atoms with E-state index in [2.05, 4.69) is 5.10 Å². The van der Waals surface area contributed by atoms with Crippen molar-refractivity contribution >= 4 is 23.6 Å². The van der Waals surface area contributed by atoms with Crippen molar-refractivity contribution in [2.75, 3.05) is 14.2 Å². The van der Waals surface area contributed by atoms with E-state index in [1.165, 1.54) is 25.0 Å². The average Bonchev–Trinajstić information content (AvgIpc) is 2.91. The predicted octanol–water partition coefficient (Wildman–Crippen LogP) is 3.42. The minimum Gasteiger partial charge on any atom is -0.493 e. The summed E-state index contributed by atoms with van der Waals surface area (Å²) in [5.41, 5.74) is 1.73. The Bertz CT molecular complexity index is 863. The van der Waals surface area contributed by atoms with Gasteiger partial charge in [0.2, 0.25) is 0 Å². The molecule has 0 radical (unpaired) electrons. The number of nitriles is 1. The van der Waals surface area contributed by atoms with Crippen molar-refractivity contribution in [1.82, 2.24) is 9.78 Å². The molecule has 0 saturated heterocycles. The lowest BCUT2D eigenvalue weighted by molar-refractivity contribution is 0.0943. The van der Waals surface area contributed by atoms with Crippen LogP contribution in [0.3, 0.4) is 0 Å². The lowest BCUT2D eigenvalue weighted by Gasteiger charge is -2.10. The van der Waals surface area contributed by atoms with E-state index in [1.54, 1.807) is 32.0 Å². The van der Waals surface area contributed by atoms with Gasteiger partial charge < -0.3 is 9.47 Å². The second-order valence-corrected chi connectivity index (χ2v) is 5.45. The highest BCUT2D eigenvalue weighted by atomic mass is 35.5. The molecule has 0 atom stereocenters. The highest BCUT2D eigenvalue weighted by Gasteiger charge is 2.17. The number of aromatic nitrogens is 2. The summed E-state index contributed by atoms with van der Waals surface area (Å²) < 4.78 is 11.6. The van der Waals surface area contributed by atoms with Crippen molar-refractivity contribution in [2.45, 2.75) is 13.8 Å². The van der Waals surface area contributed by atoms with Crippen LogP contribution in [0.5, 0.6) is 11.5 Å². The molecule has 24 heavy (non-hydrogen) atoms. The highest BCUT2D eigenvalue weighted by molar-refractivity contribution is 6.32. The van der Waals surface area contributed by atoms with E-state index in [0.29, 0.717) is 33.5 Å². The fourth-order valence-electron chi connectivity index (χ4n) is 2.23. The van der Waals surface area contributed by atoms with Crippen LogP contribution in [-0.2, 0) is 0 Å². The third-order valence-corrected chi connectivity index (χ3v) is 3.68. The Labute approximate surface area is 144 Å². The summed E-state index contributed by atoms with van der Waals surface area (Å²) in [6.45, 7) is 3.52. The molecule has 0 amide bonds. The zero-order valence-electron chi connectivity index (χ0n) is 13.8. The third-order valence-electron chi connectivity index (χ3n) is 3.36. The average molecular weight is 346 g/mol. The highest BCUT2D eigenvalue weighted by Crippen LogP contribution is 2.34. The lowest BCUT2D eigenvalue weighted by Crippen LogP contribution is -2.15. The molecule has 1 heterocycles. The molecule has 0 spiro atoms. The molecule has 1 aromatic carbocycles. The number of benzene rings is 1. The molecule has 0 aliphatic carbocycles. The summed E-state index contributed by atoms with van der Waals surface area (Å²) in [6.07, 6.45) is 1.41. The number of aryl methyl sites for hydroxylation is 2. The minimum absolute atomic E-state index is 0.0877. The van der Waals surface area contributed by atoms with Crippen molar-refractivity contribution < 1.29 is 14.3 Å². The van der Waals surface area contributed by atoms with Crippen LogP contribution in [0.1, 0.15) is 21.7 Å². The van der Waals surface area contributed by atoms with Crippen molar-refractivity contribution in [1.29, 1.82) is 5.26 Å². The maximum absolute atomic E-state index is 12.5. The van der Waals surface area contributed by atoms with Crippen LogP contribution in [0, 0.1) is 25.2 Å². The van der Waals surface area contributed by atoms with Crippen molar-refractivity contribution in [3.63, 3.8) is 0 Å². The maximum atomic E-state index is 12.5. The van der Waals surface area contributed by atoms with Gasteiger partial charge in [-0.1, -0.05) is 11.6 Å². The number of rotatable bonds is 4. The van der Waals surface area contributed by atoms with Gasteiger partial charge in [0.1, 0.15) is 11.6 Å². The number of allylic oxidation sites excluding steroid dienone is 1. The smallest absolute Gasteiger partial charge is 0.289 e. The minimum atomic E-state index is -0.519. The monoisotopic (exact) mass is 345 g/mol. The van der Waals surface area contributed by atoms with E-state index in [1.807, 2.05) is 6.07 Å². The van der Waals surface area contributed by atoms with Crippen molar-refractivity contribution in [3.05, 3.63) is 45.7 Å². The van der Waals surface area contributed by atoms with E-state index in [-0.39, 0.29) is 5.57 Å². The van der Waals surface area contributed by atoms with Crippen molar-refractivity contribution in [3.8, 4) is 17.6 Å². The van der Waals surface area contributed by atoms with Gasteiger partial charge >= 0.3 is 0 Å². The SMILES string of the molecule is COc1cc(Cl)c(/C=C(\C#N)C(=O)n2nc(C)cc2C)cc1OC. The zero-order chi connectivity index (χ0) is 17.9. The summed E-state index contributed by atoms with van der Waals surface area (Å²) in [4.78, 5) is 12.5. The summed E-state index contributed by atoms with van der Waals surface area (Å²) in [6, 6.07) is 6.83. The number of halogens is 1. The molecule has 7 heteroatoms. The van der Waals surface area contributed by atoms with Gasteiger partial charge in [-0.25, -0.2) is 4.68 Å². The van der Waals surface area contributed by atoms with Gasteiger partial charge in [0, 0.05) is 11.8 Å². The van der Waals surface area contributed by atoms with Gasteiger partial charge in [0.05, 0.1) is 24.9 Å². The largest absolute Gasteiger partial charge is 0.493 e. The first-order valence-electron chi connectivity index (χ1n) is 7.02. The summed E-state index contributed by atoms with van der Waals surface area (Å²) in [5, 5.41) is 13.8. The molecular formula is C17H16ClN3O3. The quantitative estimate of drug-likeness (QED) is 0.626. The molecule has 0 unspecified atom stereocenters. The Kier molecular flexibility index (Phi) is 5.27. The second-order valence-electron chi connectivity index (χ2n) is 5.04. The first kappa shape index (κ1) is 17.6. The molecule has 0 fully saturated rings. The van der Waals surface area contributed by atoms with Crippen LogP contribution in [0.2, 0.25) is 5.02 Å². The molecule has 0 bridgehead atoms. The summed E-state index contributed by atoms with van der Waals surface area (Å²) in [5.74, 6) is 0.390. The molecule has 1 aromatic heterocycles. The Hall–Kier alpha value is -2.78. The fourth-order valence-corrected chi connectivity index (χ4v) is 2.43. The third kappa shape index (κ3) is 3.42. The molecule has 6 nitrogen and oxygen atoms in total. The van der Waals surface area contributed by atoms with Crippen LogP contribution in [0.15, 0.2) is 23.8 Å². The molecule has 0 aliphatic rings. The first-order chi connectivity index (χ1) is 11.4. The van der Waals surface area contributed by atoms with Crippen LogP contribution < -0.4 is 9.47 Å². The molecular weight excluding hydrogens is 330 g/mol. The van der Waals surface area contributed by atoms with Gasteiger partial charge in [-0.15, -0.1) is 0 Å². The summed E-state index contributed by atoms with van der Waals surface area (Å²) in [7, 11) is 2.99. The van der Waals surface area contributed by atoms with E-state index in [4.69, 9.17) is 21.1 Å².